The highest BCUT2D eigenvalue weighted by atomic mass is 127. The largest absolute Gasteiger partial charge is 0.460 e. The number of pyridine rings is 1. The van der Waals surface area contributed by atoms with Gasteiger partial charge in [-0.25, -0.2) is 21.7 Å². The van der Waals surface area contributed by atoms with Gasteiger partial charge in [-0.05, 0) is 14.0 Å². The lowest BCUT2D eigenvalue weighted by Crippen LogP contribution is -2.55. The van der Waals surface area contributed by atoms with Crippen LogP contribution in [-0.2, 0) is 4.74 Å². The van der Waals surface area contributed by atoms with Crippen molar-refractivity contribution >= 4 is 45.7 Å². The van der Waals surface area contributed by atoms with Crippen molar-refractivity contribution in [3.8, 4) is 0 Å². The van der Waals surface area contributed by atoms with Gasteiger partial charge in [0.1, 0.15) is 18.0 Å². The van der Waals surface area contributed by atoms with E-state index in [2.05, 4.69) is 14.9 Å². The molecule has 0 amide bonds. The van der Waals surface area contributed by atoms with Crippen molar-refractivity contribution in [1.82, 2.24) is 17.6 Å². The van der Waals surface area contributed by atoms with Gasteiger partial charge in [-0.3, -0.25) is 0 Å². The van der Waals surface area contributed by atoms with Gasteiger partial charge < -0.3 is 14.5 Å². The number of aromatic nitrogens is 3. The minimum Gasteiger partial charge on any atom is -0.460 e. The maximum Gasteiger partial charge on any atom is 0.360 e. The smallest absolute Gasteiger partial charge is 0.360 e. The summed E-state index contributed by atoms with van der Waals surface area (Å²) in [4.78, 5) is 37.2. The van der Waals surface area contributed by atoms with Gasteiger partial charge in [0.25, 0.3) is 0 Å². The molecule has 0 aromatic carbocycles. The Morgan fingerprint density at radius 1 is 1.28 bits per heavy atom. The number of aryl methyl sites for hydroxylation is 1. The van der Waals surface area contributed by atoms with Crippen molar-refractivity contribution in [3.05, 3.63) is 27.6 Å². The molecule has 0 saturated carbocycles. The predicted molar refractivity (Wildman–Crippen MR) is 96.8 cm³/mol. The first-order valence-corrected chi connectivity index (χ1v) is 8.76. The molecule has 2 aliphatic heterocycles. The van der Waals surface area contributed by atoms with E-state index in [9.17, 15) is 14.0 Å². The number of carbonyl (C=O) groups is 1. The van der Waals surface area contributed by atoms with Crippen LogP contribution in [0, 0.1) is 12.7 Å². The van der Waals surface area contributed by atoms with Gasteiger partial charge in [-0.1, -0.05) is 0 Å². The van der Waals surface area contributed by atoms with Gasteiger partial charge in [0, 0.05) is 19.6 Å². The number of cyclic esters (lactones) is 1. The lowest BCUT2D eigenvalue weighted by Gasteiger charge is -2.41. The van der Waals surface area contributed by atoms with E-state index in [4.69, 9.17) is 4.74 Å². The molecule has 2 aromatic rings. The van der Waals surface area contributed by atoms with Crippen LogP contribution >= 0.6 is 22.9 Å². The van der Waals surface area contributed by atoms with Gasteiger partial charge in [0.05, 0.1) is 40.0 Å². The molecule has 0 N–H and O–H groups in total. The minimum absolute atomic E-state index is 0.0388. The average Bonchev–Trinajstić information content (AvgIpc) is 2.57. The van der Waals surface area contributed by atoms with E-state index in [-0.39, 0.29) is 34.9 Å². The molecule has 4 heterocycles. The number of esters is 1. The number of rotatable bonds is 0. The van der Waals surface area contributed by atoms with E-state index in [0.717, 1.165) is 6.54 Å². The molecule has 25 heavy (non-hydrogen) atoms. The summed E-state index contributed by atoms with van der Waals surface area (Å²) in [6.07, 6.45) is 0. The second-order valence-electron chi connectivity index (χ2n) is 6.29. The van der Waals surface area contributed by atoms with Crippen LogP contribution in [0.1, 0.15) is 16.1 Å². The van der Waals surface area contributed by atoms with Crippen molar-refractivity contribution in [2.24, 2.45) is 0 Å². The molecule has 4 rings (SSSR count). The fourth-order valence-electron chi connectivity index (χ4n) is 3.38. The molecule has 0 radical (unpaired) electrons. The number of ether oxygens (including phenoxy) is 1. The van der Waals surface area contributed by atoms with Crippen molar-refractivity contribution in [1.29, 1.82) is 0 Å². The highest BCUT2D eigenvalue weighted by Crippen LogP contribution is 2.33. The van der Waals surface area contributed by atoms with Crippen molar-refractivity contribution in [3.63, 3.8) is 0 Å². The number of anilines is 1. The monoisotopic (exact) mass is 459 g/mol. The number of likely N-dealkylation sites (N-methyl/N-ethyl adjacent to an activating group) is 1. The van der Waals surface area contributed by atoms with Gasteiger partial charge in [0.2, 0.25) is 0 Å². The van der Waals surface area contributed by atoms with Gasteiger partial charge in [-0.15, -0.1) is 0 Å². The molecule has 0 aliphatic carbocycles. The van der Waals surface area contributed by atoms with E-state index >= 15 is 0 Å². The van der Waals surface area contributed by atoms with Gasteiger partial charge in [0.15, 0.2) is 11.5 Å². The molecule has 1 atom stereocenters. The molecule has 0 bridgehead atoms. The fraction of sp³-hybridized carbons (Fsp3) is 0.467. The minimum atomic E-state index is -0.751. The van der Waals surface area contributed by atoms with Crippen LogP contribution in [0.4, 0.5) is 10.2 Å². The average molecular weight is 459 g/mol. The second kappa shape index (κ2) is 5.87. The van der Waals surface area contributed by atoms with Gasteiger partial charge >= 0.3 is 11.7 Å². The second-order valence-corrected chi connectivity index (χ2v) is 7.26. The number of hydrogen-bond donors (Lipinski definition) is 0. The maximum atomic E-state index is 14.7. The van der Waals surface area contributed by atoms with E-state index in [1.54, 1.807) is 22.9 Å². The van der Waals surface area contributed by atoms with Crippen molar-refractivity contribution < 1.29 is 13.9 Å². The van der Waals surface area contributed by atoms with E-state index < -0.39 is 17.5 Å². The number of fused-ring (bicyclic) bond motifs is 2. The molecular weight excluding hydrogens is 444 g/mol. The van der Waals surface area contributed by atoms with Crippen molar-refractivity contribution in [2.45, 2.75) is 13.0 Å². The summed E-state index contributed by atoms with van der Waals surface area (Å²) in [6, 6.07) is -0.152. The summed E-state index contributed by atoms with van der Waals surface area (Å²) in [5.41, 5.74) is -0.440. The Labute approximate surface area is 156 Å². The Morgan fingerprint density at radius 3 is 2.80 bits per heavy atom. The van der Waals surface area contributed by atoms with E-state index in [1.165, 1.54) is 9.70 Å². The first-order valence-electron chi connectivity index (χ1n) is 7.79. The van der Waals surface area contributed by atoms with Crippen LogP contribution in [0.2, 0.25) is 0 Å². The Kier molecular flexibility index (Phi) is 3.90. The van der Waals surface area contributed by atoms with Crippen molar-refractivity contribution in [2.75, 3.05) is 38.2 Å². The quantitative estimate of drug-likeness (QED) is 0.425. The number of piperazine rings is 1. The Morgan fingerprint density at radius 2 is 2.04 bits per heavy atom. The van der Waals surface area contributed by atoms with Crippen LogP contribution in [0.5, 0.6) is 0 Å². The maximum absolute atomic E-state index is 14.7. The first kappa shape index (κ1) is 16.6. The third kappa shape index (κ3) is 2.49. The Hall–Kier alpha value is -1.82. The fourth-order valence-corrected chi connectivity index (χ4v) is 3.83. The molecule has 2 aromatic heterocycles. The molecular formula is C15H15FIN5O3. The Bertz CT molecular complexity index is 963. The highest BCUT2D eigenvalue weighted by molar-refractivity contribution is 14.1. The lowest BCUT2D eigenvalue weighted by molar-refractivity contribution is 0.0442. The van der Waals surface area contributed by atoms with E-state index in [1.807, 2.05) is 11.9 Å². The highest BCUT2D eigenvalue weighted by Gasteiger charge is 2.35. The lowest BCUT2D eigenvalue weighted by atomic mass is 10.1. The summed E-state index contributed by atoms with van der Waals surface area (Å²) < 4.78 is 21.3. The molecule has 10 heteroatoms. The molecule has 132 valence electrons. The van der Waals surface area contributed by atoms with Crippen LogP contribution in [0.25, 0.3) is 11.0 Å². The predicted octanol–water partition coefficient (Wildman–Crippen LogP) is 0.728. The molecule has 1 unspecified atom stereocenters. The van der Waals surface area contributed by atoms with Crippen LogP contribution in [-0.4, -0.2) is 62.9 Å². The summed E-state index contributed by atoms with van der Waals surface area (Å²) >= 11 is 1.76. The van der Waals surface area contributed by atoms with Gasteiger partial charge in [-0.2, -0.15) is 4.98 Å². The normalized spacial score (nSPS) is 20.9. The molecule has 1 saturated heterocycles. The Balaban J connectivity index is 2.11. The number of hydrogen-bond acceptors (Lipinski definition) is 7. The van der Waals surface area contributed by atoms with Crippen LogP contribution in [0.15, 0.2) is 4.79 Å². The first-order chi connectivity index (χ1) is 11.9. The summed E-state index contributed by atoms with van der Waals surface area (Å²) in [5, 5.41) is 0.233. The summed E-state index contributed by atoms with van der Waals surface area (Å²) in [7, 11) is 1.97. The number of halogens is 2. The van der Waals surface area contributed by atoms with Crippen LogP contribution < -0.4 is 10.6 Å². The standard InChI is InChI=1S/C15H15FIN5O3/c1-7-11(16)9-10-12(19-15(24)22(17)13(10)18-7)21-4-3-20(2)5-8(21)6-25-14(9)23/h8H,3-6H2,1-2H3. The topological polar surface area (TPSA) is 80.6 Å². The van der Waals surface area contributed by atoms with Crippen LogP contribution in [0.3, 0.4) is 0 Å². The summed E-state index contributed by atoms with van der Waals surface area (Å²) in [6.45, 7) is 3.58. The zero-order valence-corrected chi connectivity index (χ0v) is 15.8. The molecule has 2 aliphatic rings. The summed E-state index contributed by atoms with van der Waals surface area (Å²) in [5.74, 6) is -1.17. The third-order valence-corrected chi connectivity index (χ3v) is 5.50. The zero-order chi connectivity index (χ0) is 17.9. The molecule has 8 nitrogen and oxygen atoms in total. The SMILES string of the molecule is Cc1nc2c3c(nc(=O)n2I)N2CCN(C)CC2COC(=O)c3c1F. The molecule has 0 spiro atoms. The third-order valence-electron chi connectivity index (χ3n) is 4.63. The number of nitrogens with zero attached hydrogens (tertiary/aromatic N) is 5. The molecule has 1 fully saturated rings. The number of carbonyl (C=O) groups excluding carboxylic acids is 1. The van der Waals surface area contributed by atoms with E-state index in [0.29, 0.717) is 18.9 Å². The zero-order valence-electron chi connectivity index (χ0n) is 13.6.